The van der Waals surface area contributed by atoms with Gasteiger partial charge in [0.05, 0.1) is 12.1 Å². The number of amides is 2. The predicted octanol–water partition coefficient (Wildman–Crippen LogP) is 1.56. The Hall–Kier alpha value is -2.67. The number of nitrogens with zero attached hydrogens (tertiary/aromatic N) is 2. The number of carbonyl (C=O) groups excluding carboxylic acids is 2. The van der Waals surface area contributed by atoms with Gasteiger partial charge in [-0.05, 0) is 43.0 Å². The van der Waals surface area contributed by atoms with Gasteiger partial charge in [-0.2, -0.15) is 5.10 Å². The number of anilines is 1. The molecule has 0 unspecified atom stereocenters. The topological polar surface area (TPSA) is 88.1 Å². The lowest BCUT2D eigenvalue weighted by Gasteiger charge is -2.18. The Labute approximate surface area is 158 Å². The van der Waals surface area contributed by atoms with Crippen LogP contribution in [0.2, 0.25) is 0 Å². The maximum absolute atomic E-state index is 12.9. The lowest BCUT2D eigenvalue weighted by atomic mass is 9.90. The van der Waals surface area contributed by atoms with Crippen molar-refractivity contribution in [1.29, 1.82) is 0 Å². The highest BCUT2D eigenvalue weighted by Crippen LogP contribution is 2.29. The molecule has 1 saturated heterocycles. The van der Waals surface area contributed by atoms with Gasteiger partial charge in [0.1, 0.15) is 0 Å². The molecule has 2 atom stereocenters. The first-order valence-electron chi connectivity index (χ1n) is 9.43. The third-order valence-electron chi connectivity index (χ3n) is 5.37. The second kappa shape index (κ2) is 7.15. The van der Waals surface area contributed by atoms with E-state index in [0.717, 1.165) is 30.5 Å². The lowest BCUT2D eigenvalue weighted by Crippen LogP contribution is -2.29. The fourth-order valence-corrected chi connectivity index (χ4v) is 3.56. The fourth-order valence-electron chi connectivity index (χ4n) is 3.56. The molecule has 1 aromatic carbocycles. The van der Waals surface area contributed by atoms with E-state index >= 15 is 0 Å². The molecule has 2 aliphatic rings. The average Bonchev–Trinajstić information content (AvgIpc) is 3.14. The third-order valence-corrected chi connectivity index (χ3v) is 5.37. The van der Waals surface area contributed by atoms with Gasteiger partial charge >= 0.3 is 0 Å². The Bertz CT molecular complexity index is 871. The summed E-state index contributed by atoms with van der Waals surface area (Å²) in [4.78, 5) is 25.2. The minimum atomic E-state index is -0.169. The first kappa shape index (κ1) is 17.7. The van der Waals surface area contributed by atoms with E-state index in [4.69, 9.17) is 0 Å². The van der Waals surface area contributed by atoms with E-state index in [1.165, 1.54) is 0 Å². The van der Waals surface area contributed by atoms with Crippen molar-refractivity contribution in [2.24, 2.45) is 13.0 Å². The molecular formula is C20H25N5O2. The third kappa shape index (κ3) is 3.88. The van der Waals surface area contributed by atoms with Gasteiger partial charge in [-0.15, -0.1) is 0 Å². The van der Waals surface area contributed by atoms with Crippen molar-refractivity contribution in [3.05, 3.63) is 47.3 Å². The summed E-state index contributed by atoms with van der Waals surface area (Å²) in [7, 11) is 1.88. The van der Waals surface area contributed by atoms with Crippen molar-refractivity contribution in [2.45, 2.75) is 31.7 Å². The molecule has 2 heterocycles. The zero-order chi connectivity index (χ0) is 19.0. The molecule has 1 saturated carbocycles. The minimum absolute atomic E-state index is 0.0308. The summed E-state index contributed by atoms with van der Waals surface area (Å²) in [6.07, 6.45) is 5.88. The van der Waals surface area contributed by atoms with Crippen molar-refractivity contribution in [3.8, 4) is 0 Å². The van der Waals surface area contributed by atoms with E-state index in [1.54, 1.807) is 16.8 Å². The van der Waals surface area contributed by atoms with Crippen LogP contribution in [0.3, 0.4) is 0 Å². The summed E-state index contributed by atoms with van der Waals surface area (Å²) in [5, 5.41) is 13.6. The number of aryl methyl sites for hydroxylation is 2. The molecule has 4 rings (SSSR count). The van der Waals surface area contributed by atoms with Crippen LogP contribution in [0.5, 0.6) is 0 Å². The Kier molecular flexibility index (Phi) is 4.70. The maximum atomic E-state index is 12.9. The van der Waals surface area contributed by atoms with Gasteiger partial charge < -0.3 is 16.0 Å². The van der Waals surface area contributed by atoms with Gasteiger partial charge in [0.15, 0.2) is 0 Å². The number of rotatable bonds is 5. The number of hydrogen-bond acceptors (Lipinski definition) is 4. The van der Waals surface area contributed by atoms with Crippen LogP contribution in [0.25, 0.3) is 0 Å². The molecule has 2 amide bonds. The molecule has 0 spiro atoms. The van der Waals surface area contributed by atoms with Crippen LogP contribution in [0, 0.1) is 12.8 Å². The molecule has 142 valence electrons. The molecule has 1 aliphatic heterocycles. The average molecular weight is 367 g/mol. The monoisotopic (exact) mass is 367 g/mol. The van der Waals surface area contributed by atoms with Crippen LogP contribution in [-0.2, 0) is 11.8 Å². The second-order valence-corrected chi connectivity index (χ2v) is 7.59. The molecule has 7 nitrogen and oxygen atoms in total. The molecule has 2 aromatic rings. The highest BCUT2D eigenvalue weighted by atomic mass is 16.2. The molecule has 1 aliphatic carbocycles. The molecule has 1 aromatic heterocycles. The van der Waals surface area contributed by atoms with Crippen molar-refractivity contribution < 1.29 is 9.59 Å². The van der Waals surface area contributed by atoms with Gasteiger partial charge in [0, 0.05) is 49.5 Å². The van der Waals surface area contributed by atoms with E-state index < -0.39 is 0 Å². The van der Waals surface area contributed by atoms with Crippen molar-refractivity contribution >= 4 is 17.5 Å². The smallest absolute Gasteiger partial charge is 0.251 e. The van der Waals surface area contributed by atoms with E-state index in [0.29, 0.717) is 23.8 Å². The molecule has 0 radical (unpaired) electrons. The molecule has 27 heavy (non-hydrogen) atoms. The fraction of sp³-hybridized carbons (Fsp3) is 0.450. The largest absolute Gasteiger partial charge is 0.349 e. The summed E-state index contributed by atoms with van der Waals surface area (Å²) >= 11 is 0. The predicted molar refractivity (Wildman–Crippen MR) is 103 cm³/mol. The highest BCUT2D eigenvalue weighted by molar-refractivity contribution is 5.98. The lowest BCUT2D eigenvalue weighted by molar-refractivity contribution is -0.119. The first-order valence-corrected chi connectivity index (χ1v) is 9.43. The van der Waals surface area contributed by atoms with Crippen LogP contribution in [-0.4, -0.2) is 40.7 Å². The van der Waals surface area contributed by atoms with Crippen molar-refractivity contribution in [3.63, 3.8) is 0 Å². The van der Waals surface area contributed by atoms with Crippen LogP contribution in [0.4, 0.5) is 5.69 Å². The summed E-state index contributed by atoms with van der Waals surface area (Å²) in [5.74, 6) is -0.182. The Morgan fingerprint density at radius 3 is 2.78 bits per heavy atom. The van der Waals surface area contributed by atoms with Crippen LogP contribution in [0.15, 0.2) is 30.6 Å². The van der Waals surface area contributed by atoms with Crippen LogP contribution in [0.1, 0.15) is 40.2 Å². The number of hydrogen-bond donors (Lipinski definition) is 3. The molecule has 7 heteroatoms. The zero-order valence-corrected chi connectivity index (χ0v) is 15.7. The van der Waals surface area contributed by atoms with Gasteiger partial charge in [-0.25, -0.2) is 0 Å². The maximum Gasteiger partial charge on any atom is 0.251 e. The van der Waals surface area contributed by atoms with Gasteiger partial charge in [0.2, 0.25) is 5.91 Å². The standard InChI is InChI=1S/C20H25N5O2/c1-12-3-4-13(19(26)23-15-5-6-15)7-18(12)24-20(27)17-10-21-9-16(17)14-8-22-25(2)11-14/h3-4,7-8,11,15-17,21H,5-6,9-10H2,1-2H3,(H,23,26)(H,24,27)/t16-,17+/m1/s1. The molecule has 0 bridgehead atoms. The SMILES string of the molecule is Cc1ccc(C(=O)NC2CC2)cc1NC(=O)[C@H]1CNC[C@@H]1c1cnn(C)c1. The minimum Gasteiger partial charge on any atom is -0.349 e. The number of benzene rings is 1. The molecular weight excluding hydrogens is 342 g/mol. The molecule has 2 fully saturated rings. The van der Waals surface area contributed by atoms with E-state index in [2.05, 4.69) is 21.0 Å². The Morgan fingerprint density at radius 1 is 1.26 bits per heavy atom. The van der Waals surface area contributed by atoms with Gasteiger partial charge in [-0.3, -0.25) is 14.3 Å². The van der Waals surface area contributed by atoms with Gasteiger partial charge in [-0.1, -0.05) is 6.07 Å². The summed E-state index contributed by atoms with van der Waals surface area (Å²) in [6, 6.07) is 5.76. The first-order chi connectivity index (χ1) is 13.0. The highest BCUT2D eigenvalue weighted by Gasteiger charge is 2.35. The van der Waals surface area contributed by atoms with E-state index in [9.17, 15) is 9.59 Å². The second-order valence-electron chi connectivity index (χ2n) is 7.59. The molecule has 3 N–H and O–H groups in total. The quantitative estimate of drug-likeness (QED) is 0.748. The number of nitrogens with one attached hydrogen (secondary N) is 3. The van der Waals surface area contributed by atoms with Gasteiger partial charge in [0.25, 0.3) is 5.91 Å². The Balaban J connectivity index is 1.49. The summed E-state index contributed by atoms with van der Waals surface area (Å²) < 4.78 is 1.76. The zero-order valence-electron chi connectivity index (χ0n) is 15.7. The number of aromatic nitrogens is 2. The van der Waals surface area contributed by atoms with E-state index in [-0.39, 0.29) is 23.7 Å². The number of carbonyl (C=O) groups is 2. The van der Waals surface area contributed by atoms with E-state index in [1.807, 2.05) is 32.4 Å². The van der Waals surface area contributed by atoms with Crippen molar-refractivity contribution in [1.82, 2.24) is 20.4 Å². The summed E-state index contributed by atoms with van der Waals surface area (Å²) in [6.45, 7) is 3.32. The van der Waals surface area contributed by atoms with Crippen molar-refractivity contribution in [2.75, 3.05) is 18.4 Å². The Morgan fingerprint density at radius 2 is 2.07 bits per heavy atom. The van der Waals surface area contributed by atoms with Crippen LogP contribution >= 0.6 is 0 Å². The van der Waals surface area contributed by atoms with Crippen LogP contribution < -0.4 is 16.0 Å². The summed E-state index contributed by atoms with van der Waals surface area (Å²) in [5.41, 5.74) is 3.28. The normalized spacial score (nSPS) is 21.9.